The minimum Gasteiger partial charge on any atom is -0.328 e. The number of hydrogen-bond donors (Lipinski definition) is 1. The fourth-order valence-corrected chi connectivity index (χ4v) is 3.36. The van der Waals surface area contributed by atoms with Crippen molar-refractivity contribution in [2.24, 2.45) is 0 Å². The molecule has 0 saturated carbocycles. The van der Waals surface area contributed by atoms with Crippen molar-refractivity contribution in [3.63, 3.8) is 0 Å². The molecule has 1 fully saturated rings. The van der Waals surface area contributed by atoms with Crippen LogP contribution in [0.2, 0.25) is 0 Å². The van der Waals surface area contributed by atoms with Crippen molar-refractivity contribution in [2.45, 2.75) is 32.4 Å². The van der Waals surface area contributed by atoms with E-state index < -0.39 is 0 Å². The normalized spacial score (nSPS) is 17.9. The lowest BCUT2D eigenvalue weighted by molar-refractivity contribution is 0.567. The molecule has 4 rings (SSSR count). The molecule has 0 amide bonds. The monoisotopic (exact) mass is 309 g/mol. The second-order valence-corrected chi connectivity index (χ2v) is 5.84. The van der Waals surface area contributed by atoms with Crippen LogP contribution in [0.25, 0.3) is 16.9 Å². The Morgan fingerprint density at radius 3 is 2.83 bits per heavy atom. The zero-order chi connectivity index (χ0) is 15.8. The van der Waals surface area contributed by atoms with E-state index in [1.54, 1.807) is 18.5 Å². The molecule has 118 valence electrons. The van der Waals surface area contributed by atoms with Gasteiger partial charge in [-0.2, -0.15) is 9.61 Å². The van der Waals surface area contributed by atoms with E-state index in [1.165, 1.54) is 4.52 Å². The fraction of sp³-hybridized carbons (Fsp3) is 0.353. The lowest BCUT2D eigenvalue weighted by atomic mass is 10.1. The molecule has 1 aliphatic rings. The Kier molecular flexibility index (Phi) is 3.46. The zero-order valence-electron chi connectivity index (χ0n) is 13.1. The minimum atomic E-state index is -0.0753. The predicted octanol–water partition coefficient (Wildman–Crippen LogP) is 2.00. The lowest BCUT2D eigenvalue weighted by Gasteiger charge is -2.18. The average Bonchev–Trinajstić information content (AvgIpc) is 3.25. The van der Waals surface area contributed by atoms with Crippen LogP contribution < -0.4 is 10.9 Å². The SMILES string of the molecule is CCn1c(C2CCCN2)cc(=O)n2nc(-c3ccncc3)cc12. The summed E-state index contributed by atoms with van der Waals surface area (Å²) in [5.74, 6) is 0. The van der Waals surface area contributed by atoms with Crippen molar-refractivity contribution in [3.8, 4) is 11.3 Å². The molecule has 4 heterocycles. The number of nitrogens with zero attached hydrogens (tertiary/aromatic N) is 4. The number of aryl methyl sites for hydroxylation is 1. The van der Waals surface area contributed by atoms with Gasteiger partial charge in [0, 0.05) is 48.4 Å². The van der Waals surface area contributed by atoms with Gasteiger partial charge in [-0.05, 0) is 38.4 Å². The highest BCUT2D eigenvalue weighted by Gasteiger charge is 2.21. The van der Waals surface area contributed by atoms with Gasteiger partial charge in [0.15, 0.2) is 0 Å². The van der Waals surface area contributed by atoms with Gasteiger partial charge in [-0.3, -0.25) is 9.78 Å². The van der Waals surface area contributed by atoms with Gasteiger partial charge in [-0.1, -0.05) is 0 Å². The summed E-state index contributed by atoms with van der Waals surface area (Å²) in [6.45, 7) is 3.91. The Labute approximate surface area is 133 Å². The van der Waals surface area contributed by atoms with E-state index in [1.807, 2.05) is 18.2 Å². The van der Waals surface area contributed by atoms with Crippen LogP contribution in [0.1, 0.15) is 31.5 Å². The third kappa shape index (κ3) is 2.35. The Morgan fingerprint density at radius 1 is 1.30 bits per heavy atom. The van der Waals surface area contributed by atoms with Gasteiger partial charge in [-0.25, -0.2) is 0 Å². The predicted molar refractivity (Wildman–Crippen MR) is 88.3 cm³/mol. The largest absolute Gasteiger partial charge is 0.328 e. The van der Waals surface area contributed by atoms with Crippen LogP contribution in [0.5, 0.6) is 0 Å². The van der Waals surface area contributed by atoms with Gasteiger partial charge in [0.1, 0.15) is 5.65 Å². The first-order chi connectivity index (χ1) is 11.3. The zero-order valence-corrected chi connectivity index (χ0v) is 13.1. The molecule has 3 aromatic rings. The van der Waals surface area contributed by atoms with Crippen LogP contribution in [0.15, 0.2) is 41.5 Å². The molecule has 6 nitrogen and oxygen atoms in total. The van der Waals surface area contributed by atoms with Crippen molar-refractivity contribution in [3.05, 3.63) is 52.7 Å². The maximum Gasteiger partial charge on any atom is 0.274 e. The van der Waals surface area contributed by atoms with Gasteiger partial charge in [-0.15, -0.1) is 0 Å². The van der Waals surface area contributed by atoms with E-state index >= 15 is 0 Å². The van der Waals surface area contributed by atoms with Crippen molar-refractivity contribution in [1.82, 2.24) is 24.5 Å². The first-order valence-electron chi connectivity index (χ1n) is 8.05. The van der Waals surface area contributed by atoms with Gasteiger partial charge in [0.25, 0.3) is 5.56 Å². The summed E-state index contributed by atoms with van der Waals surface area (Å²) in [4.78, 5) is 16.5. The molecule has 0 bridgehead atoms. The summed E-state index contributed by atoms with van der Waals surface area (Å²) in [6, 6.07) is 7.78. The molecule has 0 aliphatic carbocycles. The molecule has 0 spiro atoms. The second-order valence-electron chi connectivity index (χ2n) is 5.84. The number of hydrogen-bond acceptors (Lipinski definition) is 4. The van der Waals surface area contributed by atoms with Crippen molar-refractivity contribution >= 4 is 5.65 Å². The van der Waals surface area contributed by atoms with Crippen molar-refractivity contribution in [2.75, 3.05) is 6.54 Å². The molecule has 3 aromatic heterocycles. The van der Waals surface area contributed by atoms with E-state index in [4.69, 9.17) is 0 Å². The number of aromatic nitrogens is 4. The molecule has 0 radical (unpaired) electrons. The molecule has 6 heteroatoms. The second kappa shape index (κ2) is 5.62. The molecule has 23 heavy (non-hydrogen) atoms. The number of fused-ring (bicyclic) bond motifs is 1. The van der Waals surface area contributed by atoms with Gasteiger partial charge in [0.2, 0.25) is 0 Å². The average molecular weight is 309 g/mol. The van der Waals surface area contributed by atoms with Crippen LogP contribution in [-0.2, 0) is 6.54 Å². The smallest absolute Gasteiger partial charge is 0.274 e. The number of nitrogens with one attached hydrogen (secondary N) is 1. The maximum atomic E-state index is 12.5. The molecular weight excluding hydrogens is 290 g/mol. The van der Waals surface area contributed by atoms with Crippen LogP contribution in [-0.4, -0.2) is 25.7 Å². The van der Waals surface area contributed by atoms with E-state index in [0.29, 0.717) is 0 Å². The molecule has 1 atom stereocenters. The lowest BCUT2D eigenvalue weighted by Crippen LogP contribution is -2.25. The molecule has 1 aliphatic heterocycles. The highest BCUT2D eigenvalue weighted by atomic mass is 16.1. The standard InChI is InChI=1S/C17H19N5O/c1-2-21-15(13-4-3-7-19-13)11-17(23)22-16(21)10-14(20-22)12-5-8-18-9-6-12/h5-6,8-11,13,19H,2-4,7H2,1H3. The van der Waals surface area contributed by atoms with E-state index in [9.17, 15) is 4.79 Å². The van der Waals surface area contributed by atoms with E-state index in [-0.39, 0.29) is 11.6 Å². The summed E-state index contributed by atoms with van der Waals surface area (Å²) in [6.07, 6.45) is 5.69. The summed E-state index contributed by atoms with van der Waals surface area (Å²) >= 11 is 0. The molecule has 0 aromatic carbocycles. The first-order valence-corrected chi connectivity index (χ1v) is 8.05. The minimum absolute atomic E-state index is 0.0753. The van der Waals surface area contributed by atoms with Crippen LogP contribution in [0.3, 0.4) is 0 Å². The third-order valence-electron chi connectivity index (χ3n) is 4.47. The van der Waals surface area contributed by atoms with Crippen LogP contribution in [0.4, 0.5) is 0 Å². The van der Waals surface area contributed by atoms with Gasteiger partial charge >= 0.3 is 0 Å². The third-order valence-corrected chi connectivity index (χ3v) is 4.47. The summed E-state index contributed by atoms with van der Waals surface area (Å²) in [5, 5.41) is 7.97. The van der Waals surface area contributed by atoms with Crippen LogP contribution >= 0.6 is 0 Å². The quantitative estimate of drug-likeness (QED) is 0.804. The van der Waals surface area contributed by atoms with Gasteiger partial charge < -0.3 is 9.88 Å². The topological polar surface area (TPSA) is 64.2 Å². The van der Waals surface area contributed by atoms with Crippen molar-refractivity contribution in [1.29, 1.82) is 0 Å². The Balaban J connectivity index is 1.93. The highest BCUT2D eigenvalue weighted by molar-refractivity contribution is 5.63. The molecule has 1 N–H and O–H groups in total. The summed E-state index contributed by atoms with van der Waals surface area (Å²) in [5.41, 5.74) is 3.59. The summed E-state index contributed by atoms with van der Waals surface area (Å²) in [7, 11) is 0. The Hall–Kier alpha value is -2.47. The maximum absolute atomic E-state index is 12.5. The Bertz CT molecular complexity index is 890. The van der Waals surface area contributed by atoms with Gasteiger partial charge in [0.05, 0.1) is 5.69 Å². The fourth-order valence-electron chi connectivity index (χ4n) is 3.36. The van der Waals surface area contributed by atoms with Crippen molar-refractivity contribution < 1.29 is 0 Å². The molecular formula is C17H19N5O. The molecule has 1 saturated heterocycles. The highest BCUT2D eigenvalue weighted by Crippen LogP contribution is 2.25. The Morgan fingerprint density at radius 2 is 2.13 bits per heavy atom. The first kappa shape index (κ1) is 14.1. The number of pyridine rings is 1. The molecule has 1 unspecified atom stereocenters. The van der Waals surface area contributed by atoms with E-state index in [0.717, 1.165) is 48.5 Å². The van der Waals surface area contributed by atoms with Crippen LogP contribution in [0, 0.1) is 0 Å². The van der Waals surface area contributed by atoms with E-state index in [2.05, 4.69) is 26.9 Å². The summed E-state index contributed by atoms with van der Waals surface area (Å²) < 4.78 is 3.68. The number of rotatable bonds is 3.